The van der Waals surface area contributed by atoms with Gasteiger partial charge in [-0.3, -0.25) is 4.99 Å². The molecule has 1 unspecified atom stereocenters. The highest BCUT2D eigenvalue weighted by atomic mass is 127. The Balaban J connectivity index is 0.00000441. The van der Waals surface area contributed by atoms with Crippen LogP contribution >= 0.6 is 24.0 Å². The molecule has 5 heteroatoms. The maximum absolute atomic E-state index is 5.32. The summed E-state index contributed by atoms with van der Waals surface area (Å²) in [6.07, 6.45) is 0. The van der Waals surface area contributed by atoms with Crippen LogP contribution in [-0.2, 0) is 4.74 Å². The van der Waals surface area contributed by atoms with Crippen molar-refractivity contribution in [3.05, 3.63) is 35.9 Å². The van der Waals surface area contributed by atoms with Crippen molar-refractivity contribution in [3.63, 3.8) is 0 Å². The van der Waals surface area contributed by atoms with E-state index in [9.17, 15) is 0 Å². The second kappa shape index (κ2) is 12.7. The summed E-state index contributed by atoms with van der Waals surface area (Å²) in [6.45, 7) is 9.59. The molecule has 0 aliphatic carbocycles. The highest BCUT2D eigenvalue weighted by molar-refractivity contribution is 14.0. The van der Waals surface area contributed by atoms with Gasteiger partial charge in [-0.25, -0.2) is 0 Å². The number of aliphatic imine (C=N–C) groups is 1. The van der Waals surface area contributed by atoms with Crippen molar-refractivity contribution in [2.24, 2.45) is 10.9 Å². The largest absolute Gasteiger partial charge is 0.380 e. The van der Waals surface area contributed by atoms with Crippen LogP contribution in [-0.4, -0.2) is 39.3 Å². The molecule has 0 amide bonds. The lowest BCUT2D eigenvalue weighted by molar-refractivity contribution is 0.152. The number of nitrogens with zero attached hydrogens (tertiary/aromatic N) is 1. The van der Waals surface area contributed by atoms with Crippen LogP contribution in [0.4, 0.5) is 0 Å². The zero-order valence-corrected chi connectivity index (χ0v) is 16.5. The molecule has 0 heterocycles. The minimum Gasteiger partial charge on any atom is -0.380 e. The van der Waals surface area contributed by atoms with E-state index in [0.717, 1.165) is 25.7 Å². The Labute approximate surface area is 152 Å². The maximum atomic E-state index is 5.32. The summed E-state index contributed by atoms with van der Waals surface area (Å²) in [4.78, 5) is 4.25. The number of rotatable bonds is 8. The van der Waals surface area contributed by atoms with E-state index >= 15 is 0 Å². The Morgan fingerprint density at radius 1 is 1.18 bits per heavy atom. The normalized spacial score (nSPS) is 12.7. The van der Waals surface area contributed by atoms with E-state index in [4.69, 9.17) is 4.74 Å². The molecule has 0 aliphatic rings. The number of benzene rings is 1. The second-order valence-electron chi connectivity index (χ2n) is 5.34. The van der Waals surface area contributed by atoms with Crippen LogP contribution in [0.5, 0.6) is 0 Å². The van der Waals surface area contributed by atoms with Crippen LogP contribution in [0.2, 0.25) is 0 Å². The Bertz CT molecular complexity index is 410. The third kappa shape index (κ3) is 7.98. The molecule has 0 saturated carbocycles. The van der Waals surface area contributed by atoms with Crippen LogP contribution < -0.4 is 10.6 Å². The van der Waals surface area contributed by atoms with Crippen LogP contribution in [0, 0.1) is 5.92 Å². The number of hydrogen-bond acceptors (Lipinski definition) is 2. The Kier molecular flexibility index (Phi) is 12.2. The van der Waals surface area contributed by atoms with Crippen LogP contribution in [0.25, 0.3) is 0 Å². The first kappa shape index (κ1) is 21.2. The smallest absolute Gasteiger partial charge is 0.191 e. The van der Waals surface area contributed by atoms with E-state index in [1.807, 2.05) is 6.92 Å². The Morgan fingerprint density at radius 3 is 2.41 bits per heavy atom. The maximum Gasteiger partial charge on any atom is 0.191 e. The van der Waals surface area contributed by atoms with E-state index in [1.54, 1.807) is 7.05 Å². The van der Waals surface area contributed by atoms with Crippen LogP contribution in [0.1, 0.15) is 32.3 Å². The van der Waals surface area contributed by atoms with Gasteiger partial charge in [-0.2, -0.15) is 0 Å². The molecule has 0 saturated heterocycles. The number of hydrogen-bond donors (Lipinski definition) is 2. The van der Waals surface area contributed by atoms with Crippen molar-refractivity contribution in [2.45, 2.75) is 26.7 Å². The molecule has 0 spiro atoms. The summed E-state index contributed by atoms with van der Waals surface area (Å²) in [6, 6.07) is 10.6. The molecule has 1 rings (SSSR count). The molecule has 0 radical (unpaired) electrons. The monoisotopic (exact) mass is 419 g/mol. The van der Waals surface area contributed by atoms with Crippen LogP contribution in [0.15, 0.2) is 35.3 Å². The first-order valence-electron chi connectivity index (χ1n) is 7.76. The van der Waals surface area contributed by atoms with E-state index in [0.29, 0.717) is 18.4 Å². The standard InChI is InChI=1S/C17H29N3O.HI/c1-5-21-12-11-19-17(18-4)20-13-16(14(2)3)15-9-7-6-8-10-15;/h6-10,14,16H,5,11-13H2,1-4H3,(H2,18,19,20);1H. The van der Waals surface area contributed by atoms with Crippen molar-refractivity contribution in [2.75, 3.05) is 33.4 Å². The highest BCUT2D eigenvalue weighted by Crippen LogP contribution is 2.23. The topological polar surface area (TPSA) is 45.6 Å². The summed E-state index contributed by atoms with van der Waals surface area (Å²) in [5, 5.41) is 6.67. The molecule has 0 fully saturated rings. The highest BCUT2D eigenvalue weighted by Gasteiger charge is 2.15. The van der Waals surface area contributed by atoms with Gasteiger partial charge >= 0.3 is 0 Å². The quantitative estimate of drug-likeness (QED) is 0.294. The predicted molar refractivity (Wildman–Crippen MR) is 105 cm³/mol. The molecule has 4 nitrogen and oxygen atoms in total. The zero-order chi connectivity index (χ0) is 15.5. The molecular weight excluding hydrogens is 389 g/mol. The van der Waals surface area contributed by atoms with Gasteiger partial charge in [0.15, 0.2) is 5.96 Å². The fourth-order valence-electron chi connectivity index (χ4n) is 2.25. The molecule has 1 atom stereocenters. The van der Waals surface area contributed by atoms with E-state index in [2.05, 4.69) is 59.8 Å². The molecule has 1 aromatic carbocycles. The molecule has 2 N–H and O–H groups in total. The van der Waals surface area contributed by atoms with Crippen molar-refractivity contribution in [1.29, 1.82) is 0 Å². The average Bonchev–Trinajstić information content (AvgIpc) is 2.50. The van der Waals surface area contributed by atoms with Gasteiger partial charge in [-0.15, -0.1) is 24.0 Å². The molecule has 0 aromatic heterocycles. The van der Waals surface area contributed by atoms with Gasteiger partial charge in [0, 0.05) is 32.7 Å². The second-order valence-corrected chi connectivity index (χ2v) is 5.34. The molecule has 22 heavy (non-hydrogen) atoms. The van der Waals surface area contributed by atoms with Gasteiger partial charge in [0.05, 0.1) is 6.61 Å². The van der Waals surface area contributed by atoms with Gasteiger partial charge in [-0.1, -0.05) is 44.2 Å². The summed E-state index contributed by atoms with van der Waals surface area (Å²) in [7, 11) is 1.79. The van der Waals surface area contributed by atoms with Crippen molar-refractivity contribution in [3.8, 4) is 0 Å². The Morgan fingerprint density at radius 2 is 1.86 bits per heavy atom. The van der Waals surface area contributed by atoms with Crippen molar-refractivity contribution in [1.82, 2.24) is 10.6 Å². The number of halogens is 1. The summed E-state index contributed by atoms with van der Waals surface area (Å²) >= 11 is 0. The first-order valence-corrected chi connectivity index (χ1v) is 7.76. The third-order valence-electron chi connectivity index (χ3n) is 3.49. The number of nitrogens with one attached hydrogen (secondary N) is 2. The van der Waals surface area contributed by atoms with E-state index in [-0.39, 0.29) is 24.0 Å². The summed E-state index contributed by atoms with van der Waals surface area (Å²) in [5.41, 5.74) is 1.37. The van der Waals surface area contributed by atoms with E-state index in [1.165, 1.54) is 5.56 Å². The van der Waals surface area contributed by atoms with Gasteiger partial charge in [0.1, 0.15) is 0 Å². The lowest BCUT2D eigenvalue weighted by atomic mass is 9.88. The third-order valence-corrected chi connectivity index (χ3v) is 3.49. The van der Waals surface area contributed by atoms with E-state index < -0.39 is 0 Å². The molecule has 1 aromatic rings. The number of guanidine groups is 1. The minimum atomic E-state index is 0. The van der Waals surface area contributed by atoms with Gasteiger partial charge in [0.2, 0.25) is 0 Å². The molecule has 0 aliphatic heterocycles. The van der Waals surface area contributed by atoms with Gasteiger partial charge in [0.25, 0.3) is 0 Å². The predicted octanol–water partition coefficient (Wildman–Crippen LogP) is 3.25. The van der Waals surface area contributed by atoms with Crippen molar-refractivity contribution < 1.29 is 4.74 Å². The summed E-state index contributed by atoms with van der Waals surface area (Å²) in [5.74, 6) is 1.87. The lowest BCUT2D eigenvalue weighted by Crippen LogP contribution is -2.41. The van der Waals surface area contributed by atoms with Crippen molar-refractivity contribution >= 4 is 29.9 Å². The first-order chi connectivity index (χ1) is 10.2. The number of ether oxygens (including phenoxy) is 1. The van der Waals surface area contributed by atoms with Crippen LogP contribution in [0.3, 0.4) is 0 Å². The Hall–Kier alpha value is -0.820. The average molecular weight is 419 g/mol. The fraction of sp³-hybridized carbons (Fsp3) is 0.588. The molecule has 126 valence electrons. The summed E-state index contributed by atoms with van der Waals surface area (Å²) < 4.78 is 5.32. The SMILES string of the molecule is CCOCCNC(=NC)NCC(c1ccccc1)C(C)C.I. The fourth-order valence-corrected chi connectivity index (χ4v) is 2.25. The van der Waals surface area contributed by atoms with Gasteiger partial charge in [-0.05, 0) is 18.4 Å². The molecule has 0 bridgehead atoms. The zero-order valence-electron chi connectivity index (χ0n) is 14.1. The minimum absolute atomic E-state index is 0. The molecular formula is C17H30IN3O. The van der Waals surface area contributed by atoms with Gasteiger partial charge < -0.3 is 15.4 Å². The lowest BCUT2D eigenvalue weighted by Gasteiger charge is -2.23.